The van der Waals surface area contributed by atoms with E-state index in [1.807, 2.05) is 17.0 Å². The second kappa shape index (κ2) is 6.43. The highest BCUT2D eigenvalue weighted by Crippen LogP contribution is 2.34. The van der Waals surface area contributed by atoms with Crippen molar-refractivity contribution in [3.63, 3.8) is 0 Å². The van der Waals surface area contributed by atoms with E-state index in [2.05, 4.69) is 5.32 Å². The number of carbonyl (C=O) groups is 1. The molecule has 1 saturated heterocycles. The maximum atomic E-state index is 13.0. The number of benzene rings is 1. The zero-order valence-electron chi connectivity index (χ0n) is 12.1. The van der Waals surface area contributed by atoms with Crippen LogP contribution >= 0.6 is 0 Å². The second-order valence-corrected chi connectivity index (χ2v) is 5.74. The second-order valence-electron chi connectivity index (χ2n) is 5.74. The van der Waals surface area contributed by atoms with Gasteiger partial charge in [0.1, 0.15) is 5.82 Å². The number of nitrogens with one attached hydrogen (secondary N) is 1. The van der Waals surface area contributed by atoms with Crippen molar-refractivity contribution in [1.82, 2.24) is 10.2 Å². The molecule has 1 aliphatic carbocycles. The van der Waals surface area contributed by atoms with Gasteiger partial charge in [-0.2, -0.15) is 0 Å². The molecule has 0 bridgehead atoms. The van der Waals surface area contributed by atoms with E-state index in [-0.39, 0.29) is 23.8 Å². The molecule has 114 valence electrons. The molecule has 0 aromatic heterocycles. The molecule has 1 N–H and O–H groups in total. The van der Waals surface area contributed by atoms with E-state index in [9.17, 15) is 9.18 Å². The van der Waals surface area contributed by atoms with Crippen molar-refractivity contribution in [2.75, 3.05) is 26.3 Å². The summed E-state index contributed by atoms with van der Waals surface area (Å²) < 4.78 is 18.3. The Bertz CT molecular complexity index is 486. The monoisotopic (exact) mass is 292 g/mol. The first-order chi connectivity index (χ1) is 10.2. The average molecular weight is 292 g/mol. The van der Waals surface area contributed by atoms with Crippen LogP contribution in [0.4, 0.5) is 9.18 Å². The summed E-state index contributed by atoms with van der Waals surface area (Å²) in [5.74, 6) is 0.0706. The lowest BCUT2D eigenvalue weighted by Crippen LogP contribution is -2.49. The molecule has 2 unspecified atom stereocenters. The molecule has 1 saturated carbocycles. The molecule has 21 heavy (non-hydrogen) atoms. The molecule has 1 aliphatic heterocycles. The molecule has 1 aromatic carbocycles. The van der Waals surface area contributed by atoms with E-state index < -0.39 is 0 Å². The van der Waals surface area contributed by atoms with Gasteiger partial charge in [-0.05, 0) is 30.5 Å². The minimum absolute atomic E-state index is 0.00249. The highest BCUT2D eigenvalue weighted by Gasteiger charge is 2.31. The summed E-state index contributed by atoms with van der Waals surface area (Å²) >= 11 is 0. The lowest BCUT2D eigenvalue weighted by molar-refractivity contribution is 0.0524. The molecule has 1 heterocycles. The van der Waals surface area contributed by atoms with Crippen molar-refractivity contribution in [3.8, 4) is 0 Å². The third kappa shape index (κ3) is 3.35. The number of carbonyl (C=O) groups excluding carboxylic acids is 1. The molecule has 0 spiro atoms. The van der Waals surface area contributed by atoms with E-state index in [0.29, 0.717) is 26.3 Å². The Kier molecular flexibility index (Phi) is 4.39. The fraction of sp³-hybridized carbons (Fsp3) is 0.562. The number of morpholine rings is 1. The SMILES string of the molecule is O=C(NC1CCCC1c1ccc(F)cc1)N1CCOCC1. The quantitative estimate of drug-likeness (QED) is 0.910. The van der Waals surface area contributed by atoms with Crippen LogP contribution in [0.5, 0.6) is 0 Å². The predicted molar refractivity (Wildman–Crippen MR) is 77.7 cm³/mol. The first-order valence-corrected chi connectivity index (χ1v) is 7.63. The van der Waals surface area contributed by atoms with Crippen LogP contribution < -0.4 is 5.32 Å². The normalized spacial score (nSPS) is 25.9. The standard InChI is InChI=1S/C16H21FN2O2/c17-13-6-4-12(5-7-13)14-2-1-3-15(14)18-16(20)19-8-10-21-11-9-19/h4-7,14-15H,1-3,8-11H2,(H,18,20). The topological polar surface area (TPSA) is 41.6 Å². The summed E-state index contributed by atoms with van der Waals surface area (Å²) in [6.45, 7) is 2.53. The highest BCUT2D eigenvalue weighted by molar-refractivity contribution is 5.74. The minimum Gasteiger partial charge on any atom is -0.378 e. The molecule has 2 aliphatic rings. The number of nitrogens with zero attached hydrogens (tertiary/aromatic N) is 1. The lowest BCUT2D eigenvalue weighted by atomic mass is 9.94. The molecule has 5 heteroatoms. The molecule has 4 nitrogen and oxygen atoms in total. The van der Waals surface area contributed by atoms with E-state index in [1.54, 1.807) is 0 Å². The molecular formula is C16H21FN2O2. The van der Waals surface area contributed by atoms with Gasteiger partial charge in [0, 0.05) is 25.0 Å². The van der Waals surface area contributed by atoms with E-state index >= 15 is 0 Å². The number of rotatable bonds is 2. The summed E-state index contributed by atoms with van der Waals surface area (Å²) in [5.41, 5.74) is 1.11. The van der Waals surface area contributed by atoms with Crippen LogP contribution in [0.2, 0.25) is 0 Å². The van der Waals surface area contributed by atoms with Crippen LogP contribution in [0.25, 0.3) is 0 Å². The molecule has 2 fully saturated rings. The van der Waals surface area contributed by atoms with Crippen LogP contribution in [0.15, 0.2) is 24.3 Å². The van der Waals surface area contributed by atoms with E-state index in [1.165, 1.54) is 12.1 Å². The number of hydrogen-bond donors (Lipinski definition) is 1. The zero-order valence-corrected chi connectivity index (χ0v) is 12.1. The molecule has 2 amide bonds. The van der Waals surface area contributed by atoms with Gasteiger partial charge in [0.05, 0.1) is 13.2 Å². The third-order valence-electron chi connectivity index (χ3n) is 4.42. The third-order valence-corrected chi connectivity index (χ3v) is 4.42. The summed E-state index contributed by atoms with van der Waals surface area (Å²) in [4.78, 5) is 14.1. The van der Waals surface area contributed by atoms with Gasteiger partial charge >= 0.3 is 6.03 Å². The Morgan fingerprint density at radius 1 is 1.19 bits per heavy atom. The van der Waals surface area contributed by atoms with Crippen LogP contribution in [0, 0.1) is 5.82 Å². The van der Waals surface area contributed by atoms with Crippen molar-refractivity contribution >= 4 is 6.03 Å². The summed E-state index contributed by atoms with van der Waals surface area (Å²) in [6.07, 6.45) is 3.12. The number of amides is 2. The maximum absolute atomic E-state index is 13.0. The van der Waals surface area contributed by atoms with Crippen molar-refractivity contribution in [1.29, 1.82) is 0 Å². The molecule has 3 rings (SSSR count). The van der Waals surface area contributed by atoms with Gasteiger partial charge in [-0.25, -0.2) is 9.18 Å². The van der Waals surface area contributed by atoms with Gasteiger partial charge in [-0.3, -0.25) is 0 Å². The average Bonchev–Trinajstić information content (AvgIpc) is 2.97. The van der Waals surface area contributed by atoms with Crippen LogP contribution in [-0.4, -0.2) is 43.3 Å². The highest BCUT2D eigenvalue weighted by atomic mass is 19.1. The minimum atomic E-state index is -0.217. The molecule has 1 aromatic rings. The van der Waals surface area contributed by atoms with Gasteiger partial charge in [0.25, 0.3) is 0 Å². The number of halogens is 1. The summed E-state index contributed by atoms with van der Waals surface area (Å²) in [5, 5.41) is 3.15. The van der Waals surface area contributed by atoms with Crippen molar-refractivity contribution < 1.29 is 13.9 Å². The van der Waals surface area contributed by atoms with Gasteiger partial charge in [-0.1, -0.05) is 18.6 Å². The molecule has 2 atom stereocenters. The Labute approximate surface area is 124 Å². The fourth-order valence-electron chi connectivity index (χ4n) is 3.26. The number of urea groups is 1. The lowest BCUT2D eigenvalue weighted by Gasteiger charge is -2.30. The number of ether oxygens (including phenoxy) is 1. The summed E-state index contributed by atoms with van der Waals surface area (Å²) in [7, 11) is 0. The smallest absolute Gasteiger partial charge is 0.317 e. The fourth-order valence-corrected chi connectivity index (χ4v) is 3.26. The maximum Gasteiger partial charge on any atom is 0.317 e. The van der Waals surface area contributed by atoms with Gasteiger partial charge in [0.2, 0.25) is 0 Å². The van der Waals surface area contributed by atoms with Crippen LogP contribution in [0.3, 0.4) is 0 Å². The molecule has 0 radical (unpaired) electrons. The predicted octanol–water partition coefficient (Wildman–Crippen LogP) is 2.50. The Morgan fingerprint density at radius 2 is 1.90 bits per heavy atom. The summed E-state index contributed by atoms with van der Waals surface area (Å²) in [6, 6.07) is 6.80. The molecular weight excluding hydrogens is 271 g/mol. The van der Waals surface area contributed by atoms with Gasteiger partial charge in [-0.15, -0.1) is 0 Å². The Balaban J connectivity index is 1.63. The Hall–Kier alpha value is -1.62. The largest absolute Gasteiger partial charge is 0.378 e. The van der Waals surface area contributed by atoms with Crippen molar-refractivity contribution in [2.24, 2.45) is 0 Å². The van der Waals surface area contributed by atoms with Gasteiger partial charge < -0.3 is 15.0 Å². The van der Waals surface area contributed by atoms with E-state index in [4.69, 9.17) is 4.74 Å². The first kappa shape index (κ1) is 14.3. The van der Waals surface area contributed by atoms with Crippen molar-refractivity contribution in [2.45, 2.75) is 31.2 Å². The Morgan fingerprint density at radius 3 is 2.62 bits per heavy atom. The number of hydrogen-bond acceptors (Lipinski definition) is 2. The van der Waals surface area contributed by atoms with E-state index in [0.717, 1.165) is 24.8 Å². The van der Waals surface area contributed by atoms with Crippen LogP contribution in [0.1, 0.15) is 30.7 Å². The first-order valence-electron chi connectivity index (χ1n) is 7.63. The van der Waals surface area contributed by atoms with Gasteiger partial charge in [0.15, 0.2) is 0 Å². The van der Waals surface area contributed by atoms with Crippen LogP contribution in [-0.2, 0) is 4.74 Å². The zero-order chi connectivity index (χ0) is 14.7. The van der Waals surface area contributed by atoms with Crippen molar-refractivity contribution in [3.05, 3.63) is 35.6 Å².